The summed E-state index contributed by atoms with van der Waals surface area (Å²) in [6.45, 7) is 4.48. The number of Topliss-reactive ketones (excluding diaryl/α,β-unsaturated/α-hetero) is 1. The quantitative estimate of drug-likeness (QED) is 0.332. The molecule has 0 saturated carbocycles. The van der Waals surface area contributed by atoms with E-state index < -0.39 is 11.5 Å². The van der Waals surface area contributed by atoms with Gasteiger partial charge >= 0.3 is 0 Å². The van der Waals surface area contributed by atoms with Crippen LogP contribution in [0, 0.1) is 10.1 Å². The lowest BCUT2D eigenvalue weighted by atomic mass is 10.1. The number of ketones is 1. The second-order valence-electron chi connectivity index (χ2n) is 1.87. The summed E-state index contributed by atoms with van der Waals surface area (Å²) >= 11 is 0. The first-order valence-electron chi connectivity index (χ1n) is 2.90. The van der Waals surface area contributed by atoms with Crippen LogP contribution in [0.15, 0.2) is 12.2 Å². The van der Waals surface area contributed by atoms with Gasteiger partial charge in [-0.25, -0.2) is 0 Å². The topological polar surface area (TPSA) is 60.2 Å². The number of carbonyl (C=O) groups is 1. The van der Waals surface area contributed by atoms with Crippen LogP contribution in [0.1, 0.15) is 13.3 Å². The number of hydrogen-bond acceptors (Lipinski definition) is 3. The predicted molar refractivity (Wildman–Crippen MR) is 36.3 cm³/mol. The van der Waals surface area contributed by atoms with Gasteiger partial charge in [0.05, 0.1) is 5.57 Å². The molecule has 4 heteroatoms. The Kier molecular flexibility index (Phi) is 3.32. The SMILES string of the molecule is C=C(C[N+](=O)[O-])C(=O)CC. The number of hydrogen-bond donors (Lipinski definition) is 0. The zero-order valence-corrected chi connectivity index (χ0v) is 5.79. The molecular weight excluding hydrogens is 134 g/mol. The van der Waals surface area contributed by atoms with E-state index in [1.165, 1.54) is 0 Å². The molecule has 0 aliphatic heterocycles. The summed E-state index contributed by atoms with van der Waals surface area (Å²) in [5, 5.41) is 9.82. The largest absolute Gasteiger partial charge is 0.294 e. The third kappa shape index (κ3) is 2.96. The monoisotopic (exact) mass is 143 g/mol. The van der Waals surface area contributed by atoms with Crippen LogP contribution in [0.5, 0.6) is 0 Å². The maximum Gasteiger partial charge on any atom is 0.231 e. The van der Waals surface area contributed by atoms with Crippen LogP contribution in [-0.4, -0.2) is 17.3 Å². The van der Waals surface area contributed by atoms with Crippen molar-refractivity contribution in [3.63, 3.8) is 0 Å². The average molecular weight is 143 g/mol. The molecule has 0 atom stereocenters. The predicted octanol–water partition coefficient (Wildman–Crippen LogP) is 0.798. The molecule has 10 heavy (non-hydrogen) atoms. The van der Waals surface area contributed by atoms with Crippen molar-refractivity contribution < 1.29 is 9.72 Å². The van der Waals surface area contributed by atoms with E-state index in [2.05, 4.69) is 6.58 Å². The molecule has 0 aromatic rings. The molecule has 0 aliphatic rings. The van der Waals surface area contributed by atoms with Crippen molar-refractivity contribution in [2.24, 2.45) is 0 Å². The molecule has 0 aromatic carbocycles. The van der Waals surface area contributed by atoms with Crippen molar-refractivity contribution in [3.8, 4) is 0 Å². The minimum absolute atomic E-state index is 0.0764. The lowest BCUT2D eigenvalue weighted by Crippen LogP contribution is -2.10. The first-order valence-corrected chi connectivity index (χ1v) is 2.90. The highest BCUT2D eigenvalue weighted by molar-refractivity contribution is 5.94. The molecule has 0 rings (SSSR count). The Morgan fingerprint density at radius 2 is 2.20 bits per heavy atom. The maximum atomic E-state index is 10.6. The van der Waals surface area contributed by atoms with Gasteiger partial charge in [0.2, 0.25) is 6.54 Å². The van der Waals surface area contributed by atoms with Crippen molar-refractivity contribution in [1.82, 2.24) is 0 Å². The standard InChI is InChI=1S/C6H9NO3/c1-3-6(8)5(2)4-7(9)10/h2-4H2,1H3. The molecule has 0 radical (unpaired) electrons. The third-order valence-electron chi connectivity index (χ3n) is 1.04. The lowest BCUT2D eigenvalue weighted by molar-refractivity contribution is -0.470. The van der Waals surface area contributed by atoms with Crippen molar-refractivity contribution in [3.05, 3.63) is 22.3 Å². The average Bonchev–Trinajstić information content (AvgIpc) is 1.85. The summed E-state index contributed by atoms with van der Waals surface area (Å²) in [6.07, 6.45) is 0.284. The van der Waals surface area contributed by atoms with Gasteiger partial charge in [0.25, 0.3) is 0 Å². The van der Waals surface area contributed by atoms with Gasteiger partial charge < -0.3 is 0 Å². The Morgan fingerprint density at radius 3 is 2.50 bits per heavy atom. The first kappa shape index (κ1) is 8.81. The van der Waals surface area contributed by atoms with E-state index >= 15 is 0 Å². The van der Waals surface area contributed by atoms with Gasteiger partial charge in [0.15, 0.2) is 5.78 Å². The van der Waals surface area contributed by atoms with E-state index in [1.807, 2.05) is 0 Å². The smallest absolute Gasteiger partial charge is 0.231 e. The van der Waals surface area contributed by atoms with Gasteiger partial charge in [-0.15, -0.1) is 0 Å². The minimum atomic E-state index is -0.560. The molecule has 0 bridgehead atoms. The normalized spacial score (nSPS) is 8.90. The van der Waals surface area contributed by atoms with Gasteiger partial charge in [-0.3, -0.25) is 14.9 Å². The molecule has 4 nitrogen and oxygen atoms in total. The van der Waals surface area contributed by atoms with E-state index in [4.69, 9.17) is 0 Å². The molecule has 0 aromatic heterocycles. The zero-order valence-electron chi connectivity index (χ0n) is 5.79. The van der Waals surface area contributed by atoms with Gasteiger partial charge in [0.1, 0.15) is 0 Å². The van der Waals surface area contributed by atoms with Crippen LogP contribution in [-0.2, 0) is 4.79 Å². The Hall–Kier alpha value is -1.19. The summed E-state index contributed by atoms with van der Waals surface area (Å²) in [4.78, 5) is 19.9. The third-order valence-corrected chi connectivity index (χ3v) is 1.04. The first-order chi connectivity index (χ1) is 4.57. The molecule has 0 fully saturated rings. The highest BCUT2D eigenvalue weighted by atomic mass is 16.6. The summed E-state index contributed by atoms with van der Waals surface area (Å²) in [7, 11) is 0. The van der Waals surface area contributed by atoms with Crippen LogP contribution in [0.25, 0.3) is 0 Å². The van der Waals surface area contributed by atoms with Crippen LogP contribution in [0.2, 0.25) is 0 Å². The highest BCUT2D eigenvalue weighted by Crippen LogP contribution is 1.95. The lowest BCUT2D eigenvalue weighted by Gasteiger charge is -1.94. The Morgan fingerprint density at radius 1 is 1.70 bits per heavy atom. The number of rotatable bonds is 4. The summed E-state index contributed by atoms with van der Waals surface area (Å²) in [5.74, 6) is -0.239. The fourth-order valence-electron chi connectivity index (χ4n) is 0.494. The van der Waals surface area contributed by atoms with E-state index in [9.17, 15) is 14.9 Å². The van der Waals surface area contributed by atoms with Gasteiger partial charge in [-0.05, 0) is 0 Å². The van der Waals surface area contributed by atoms with Crippen molar-refractivity contribution in [2.45, 2.75) is 13.3 Å². The molecule has 0 spiro atoms. The Labute approximate surface area is 58.7 Å². The second-order valence-corrected chi connectivity index (χ2v) is 1.87. The maximum absolute atomic E-state index is 10.6. The van der Waals surface area contributed by atoms with E-state index in [1.54, 1.807) is 6.92 Å². The molecular formula is C6H9NO3. The van der Waals surface area contributed by atoms with E-state index in [-0.39, 0.29) is 17.8 Å². The minimum Gasteiger partial charge on any atom is -0.294 e. The van der Waals surface area contributed by atoms with Gasteiger partial charge in [-0.1, -0.05) is 13.5 Å². The molecule has 0 unspecified atom stereocenters. The van der Waals surface area contributed by atoms with Gasteiger partial charge in [0, 0.05) is 11.3 Å². The highest BCUT2D eigenvalue weighted by Gasteiger charge is 2.09. The summed E-state index contributed by atoms with van der Waals surface area (Å²) in [5.41, 5.74) is 0.0764. The van der Waals surface area contributed by atoms with Crippen molar-refractivity contribution in [1.29, 1.82) is 0 Å². The molecule has 0 saturated heterocycles. The molecule has 56 valence electrons. The fraction of sp³-hybridized carbons (Fsp3) is 0.500. The molecule has 0 amide bonds. The van der Waals surface area contributed by atoms with Crippen LogP contribution >= 0.6 is 0 Å². The number of nitro groups is 1. The molecule has 0 heterocycles. The second kappa shape index (κ2) is 3.76. The van der Waals surface area contributed by atoms with Crippen molar-refractivity contribution >= 4 is 5.78 Å². The number of nitrogens with zero attached hydrogens (tertiary/aromatic N) is 1. The van der Waals surface area contributed by atoms with Crippen LogP contribution < -0.4 is 0 Å². The summed E-state index contributed by atoms with van der Waals surface area (Å²) < 4.78 is 0. The van der Waals surface area contributed by atoms with Gasteiger partial charge in [-0.2, -0.15) is 0 Å². The number of carbonyl (C=O) groups excluding carboxylic acids is 1. The summed E-state index contributed by atoms with van der Waals surface area (Å²) in [6, 6.07) is 0. The van der Waals surface area contributed by atoms with Crippen LogP contribution in [0.4, 0.5) is 0 Å². The van der Waals surface area contributed by atoms with Crippen LogP contribution in [0.3, 0.4) is 0 Å². The Bertz CT molecular complexity index is 174. The van der Waals surface area contributed by atoms with E-state index in [0.29, 0.717) is 0 Å². The fourth-order valence-corrected chi connectivity index (χ4v) is 0.494. The van der Waals surface area contributed by atoms with E-state index in [0.717, 1.165) is 0 Å². The Balaban J connectivity index is 3.86. The molecule has 0 N–H and O–H groups in total. The zero-order chi connectivity index (χ0) is 8.15. The molecule has 0 aliphatic carbocycles. The van der Waals surface area contributed by atoms with Crippen molar-refractivity contribution in [2.75, 3.05) is 6.54 Å².